The fourth-order valence-electron chi connectivity index (χ4n) is 1.24. The summed E-state index contributed by atoms with van der Waals surface area (Å²) in [5.41, 5.74) is 0. The van der Waals surface area contributed by atoms with Crippen LogP contribution < -0.4 is 5.32 Å². The van der Waals surface area contributed by atoms with E-state index in [0.717, 1.165) is 10.8 Å². The third-order valence-electron chi connectivity index (χ3n) is 2.11. The Morgan fingerprint density at radius 1 is 1.62 bits per heavy atom. The summed E-state index contributed by atoms with van der Waals surface area (Å²) >= 11 is 7.32. The molecule has 1 aromatic rings. The highest BCUT2D eigenvalue weighted by Crippen LogP contribution is 2.21. The van der Waals surface area contributed by atoms with Crippen LogP contribution in [0.5, 0.6) is 0 Å². The molecule has 1 heterocycles. The number of rotatable bonds is 6. The predicted molar refractivity (Wildman–Crippen MR) is 67.0 cm³/mol. The van der Waals surface area contributed by atoms with Crippen LogP contribution in [0.3, 0.4) is 0 Å². The van der Waals surface area contributed by atoms with Crippen LogP contribution in [0.4, 0.5) is 0 Å². The van der Waals surface area contributed by atoms with Gasteiger partial charge in [-0.2, -0.15) is 0 Å². The molecular weight excluding hydrogens is 246 g/mol. The Labute approximate surface area is 104 Å². The highest BCUT2D eigenvalue weighted by atomic mass is 35.5. The lowest BCUT2D eigenvalue weighted by molar-refractivity contribution is -0.121. The molecule has 0 aliphatic rings. The minimum absolute atomic E-state index is 0.0106. The number of aliphatic hydroxyl groups excluding tert-OH is 1. The molecule has 0 saturated carbocycles. The number of carbonyl (C=O) groups is 1. The zero-order valence-corrected chi connectivity index (χ0v) is 10.8. The molecule has 16 heavy (non-hydrogen) atoms. The average Bonchev–Trinajstić information content (AvgIpc) is 2.61. The number of thiophene rings is 1. The molecule has 5 heteroatoms. The maximum Gasteiger partial charge on any atom is 0.220 e. The zero-order valence-electron chi connectivity index (χ0n) is 9.20. The monoisotopic (exact) mass is 261 g/mol. The first-order chi connectivity index (χ1) is 7.58. The molecule has 90 valence electrons. The summed E-state index contributed by atoms with van der Waals surface area (Å²) in [6.07, 6.45) is 1.28. The fraction of sp³-hybridized carbons (Fsp3) is 0.545. The van der Waals surface area contributed by atoms with E-state index in [1.165, 1.54) is 16.2 Å². The molecule has 1 atom stereocenters. The van der Waals surface area contributed by atoms with E-state index in [-0.39, 0.29) is 5.91 Å². The number of hydrogen-bond donors (Lipinski definition) is 2. The molecule has 3 nitrogen and oxygen atoms in total. The van der Waals surface area contributed by atoms with Gasteiger partial charge in [-0.05, 0) is 31.9 Å². The summed E-state index contributed by atoms with van der Waals surface area (Å²) in [5, 5.41) is 11.8. The normalized spacial score (nSPS) is 12.4. The van der Waals surface area contributed by atoms with Crippen LogP contribution in [-0.2, 0) is 11.2 Å². The van der Waals surface area contributed by atoms with Gasteiger partial charge in [0.1, 0.15) is 0 Å². The quantitative estimate of drug-likeness (QED) is 0.825. The molecule has 1 amide bonds. The van der Waals surface area contributed by atoms with E-state index in [1.54, 1.807) is 6.92 Å². The molecule has 2 N–H and O–H groups in total. The van der Waals surface area contributed by atoms with Gasteiger partial charge < -0.3 is 10.4 Å². The fourth-order valence-corrected chi connectivity index (χ4v) is 2.33. The Bertz CT molecular complexity index is 338. The molecule has 0 aromatic carbocycles. The van der Waals surface area contributed by atoms with Crippen molar-refractivity contribution in [3.05, 3.63) is 21.3 Å². The number of amides is 1. The SMILES string of the molecule is CC(O)CCC(=O)NCCc1ccc(Cl)s1. The van der Waals surface area contributed by atoms with Gasteiger partial charge in [0.15, 0.2) is 0 Å². The second kappa shape index (κ2) is 6.89. The first kappa shape index (κ1) is 13.5. The predicted octanol–water partition coefficient (Wildman–Crippen LogP) is 2.22. The number of nitrogens with one attached hydrogen (secondary N) is 1. The Morgan fingerprint density at radius 3 is 2.94 bits per heavy atom. The van der Waals surface area contributed by atoms with Crippen molar-refractivity contribution in [3.63, 3.8) is 0 Å². The van der Waals surface area contributed by atoms with Crippen molar-refractivity contribution in [1.29, 1.82) is 0 Å². The summed E-state index contributed by atoms with van der Waals surface area (Å²) < 4.78 is 0.774. The van der Waals surface area contributed by atoms with Gasteiger partial charge in [0, 0.05) is 17.8 Å². The Kier molecular flexibility index (Phi) is 5.80. The Hall–Kier alpha value is -0.580. The van der Waals surface area contributed by atoms with E-state index in [1.807, 2.05) is 12.1 Å². The lowest BCUT2D eigenvalue weighted by Gasteiger charge is -2.05. The van der Waals surface area contributed by atoms with E-state index >= 15 is 0 Å². The van der Waals surface area contributed by atoms with Crippen molar-refractivity contribution >= 4 is 28.8 Å². The summed E-state index contributed by atoms with van der Waals surface area (Å²) in [7, 11) is 0. The first-order valence-corrected chi connectivity index (χ1v) is 6.46. The highest BCUT2D eigenvalue weighted by molar-refractivity contribution is 7.16. The number of hydrogen-bond acceptors (Lipinski definition) is 3. The van der Waals surface area contributed by atoms with Crippen molar-refractivity contribution in [2.45, 2.75) is 32.3 Å². The maximum absolute atomic E-state index is 11.3. The molecule has 1 aromatic heterocycles. The van der Waals surface area contributed by atoms with Gasteiger partial charge in [-0.1, -0.05) is 11.6 Å². The third-order valence-corrected chi connectivity index (χ3v) is 3.40. The molecule has 1 rings (SSSR count). The summed E-state index contributed by atoms with van der Waals surface area (Å²) in [5.74, 6) is -0.0106. The number of halogens is 1. The van der Waals surface area contributed by atoms with Gasteiger partial charge in [-0.15, -0.1) is 11.3 Å². The van der Waals surface area contributed by atoms with Crippen molar-refractivity contribution < 1.29 is 9.90 Å². The van der Waals surface area contributed by atoms with E-state index in [2.05, 4.69) is 5.32 Å². The smallest absolute Gasteiger partial charge is 0.220 e. The number of carbonyl (C=O) groups excluding carboxylic acids is 1. The average molecular weight is 262 g/mol. The molecule has 1 unspecified atom stereocenters. The largest absolute Gasteiger partial charge is 0.393 e. The first-order valence-electron chi connectivity index (χ1n) is 5.27. The van der Waals surface area contributed by atoms with Crippen LogP contribution in [-0.4, -0.2) is 23.7 Å². The van der Waals surface area contributed by atoms with Crippen molar-refractivity contribution in [2.75, 3.05) is 6.54 Å². The van der Waals surface area contributed by atoms with Crippen molar-refractivity contribution in [2.24, 2.45) is 0 Å². The molecular formula is C11H16ClNO2S. The van der Waals surface area contributed by atoms with Gasteiger partial charge in [0.2, 0.25) is 5.91 Å². The van der Waals surface area contributed by atoms with Crippen molar-refractivity contribution in [1.82, 2.24) is 5.32 Å². The van der Waals surface area contributed by atoms with E-state index in [9.17, 15) is 4.79 Å². The second-order valence-electron chi connectivity index (χ2n) is 3.69. The molecule has 0 bridgehead atoms. The zero-order chi connectivity index (χ0) is 12.0. The Balaban J connectivity index is 2.13. The Morgan fingerprint density at radius 2 is 2.38 bits per heavy atom. The summed E-state index contributed by atoms with van der Waals surface area (Å²) in [4.78, 5) is 12.5. The lowest BCUT2D eigenvalue weighted by atomic mass is 10.2. The second-order valence-corrected chi connectivity index (χ2v) is 5.49. The van der Waals surface area contributed by atoms with Crippen LogP contribution in [0, 0.1) is 0 Å². The van der Waals surface area contributed by atoms with Gasteiger partial charge in [0.25, 0.3) is 0 Å². The van der Waals surface area contributed by atoms with Crippen LogP contribution in [0.1, 0.15) is 24.6 Å². The van der Waals surface area contributed by atoms with Gasteiger partial charge in [-0.25, -0.2) is 0 Å². The molecule has 0 spiro atoms. The maximum atomic E-state index is 11.3. The van der Waals surface area contributed by atoms with Crippen LogP contribution >= 0.6 is 22.9 Å². The van der Waals surface area contributed by atoms with E-state index in [4.69, 9.17) is 16.7 Å². The highest BCUT2D eigenvalue weighted by Gasteiger charge is 2.04. The summed E-state index contributed by atoms with van der Waals surface area (Å²) in [6.45, 7) is 2.30. The van der Waals surface area contributed by atoms with Gasteiger partial charge >= 0.3 is 0 Å². The standard InChI is InChI=1S/C11H16ClNO2S/c1-8(14)2-5-11(15)13-7-6-9-3-4-10(12)16-9/h3-4,8,14H,2,5-7H2,1H3,(H,13,15). The van der Waals surface area contributed by atoms with Crippen molar-refractivity contribution in [3.8, 4) is 0 Å². The molecule has 0 aliphatic heterocycles. The summed E-state index contributed by atoms with van der Waals surface area (Å²) in [6, 6.07) is 3.83. The van der Waals surface area contributed by atoms with Crippen LogP contribution in [0.25, 0.3) is 0 Å². The van der Waals surface area contributed by atoms with Crippen LogP contribution in [0.15, 0.2) is 12.1 Å². The minimum Gasteiger partial charge on any atom is -0.393 e. The van der Waals surface area contributed by atoms with Crippen LogP contribution in [0.2, 0.25) is 4.34 Å². The van der Waals surface area contributed by atoms with E-state index < -0.39 is 6.10 Å². The van der Waals surface area contributed by atoms with E-state index in [0.29, 0.717) is 19.4 Å². The molecule has 0 fully saturated rings. The van der Waals surface area contributed by atoms with Gasteiger partial charge in [-0.3, -0.25) is 4.79 Å². The minimum atomic E-state index is -0.415. The topological polar surface area (TPSA) is 49.3 Å². The number of aliphatic hydroxyl groups is 1. The molecule has 0 saturated heterocycles. The van der Waals surface area contributed by atoms with Gasteiger partial charge in [0.05, 0.1) is 10.4 Å². The third kappa shape index (κ3) is 5.49. The molecule has 0 aliphatic carbocycles. The lowest BCUT2D eigenvalue weighted by Crippen LogP contribution is -2.26. The molecule has 0 radical (unpaired) electrons.